The minimum absolute atomic E-state index is 0.732. The van der Waals surface area contributed by atoms with E-state index in [1.165, 1.54) is 5.39 Å². The molecule has 3 nitrogen and oxygen atoms in total. The topological polar surface area (TPSA) is 50.4 Å². The lowest BCUT2D eigenvalue weighted by atomic mass is 10.0. The second-order valence-electron chi connectivity index (χ2n) is 3.73. The van der Waals surface area contributed by atoms with Crippen LogP contribution in [0.1, 0.15) is 6.92 Å². The van der Waals surface area contributed by atoms with Gasteiger partial charge in [0.05, 0.1) is 11.4 Å². The number of hydrogen-bond donors (Lipinski definition) is 2. The second kappa shape index (κ2) is 2.73. The van der Waals surface area contributed by atoms with Crippen molar-refractivity contribution in [3.8, 4) is 0 Å². The fourth-order valence-electron chi connectivity index (χ4n) is 1.99. The van der Waals surface area contributed by atoms with Crippen LogP contribution in [0.15, 0.2) is 35.3 Å². The van der Waals surface area contributed by atoms with Gasteiger partial charge in [-0.3, -0.25) is 0 Å². The van der Waals surface area contributed by atoms with E-state index in [4.69, 9.17) is 5.73 Å². The van der Waals surface area contributed by atoms with E-state index >= 15 is 0 Å². The monoisotopic (exact) mass is 197 g/mol. The highest BCUT2D eigenvalue weighted by molar-refractivity contribution is 6.15. The van der Waals surface area contributed by atoms with E-state index < -0.39 is 0 Å². The Morgan fingerprint density at radius 2 is 2.07 bits per heavy atom. The van der Waals surface area contributed by atoms with Gasteiger partial charge in [0, 0.05) is 11.1 Å². The number of hydrogen-bond acceptors (Lipinski definition) is 3. The van der Waals surface area contributed by atoms with Gasteiger partial charge in [-0.1, -0.05) is 18.2 Å². The summed E-state index contributed by atoms with van der Waals surface area (Å²) in [6.45, 7) is 1.94. The Morgan fingerprint density at radius 1 is 1.20 bits per heavy atom. The van der Waals surface area contributed by atoms with E-state index in [9.17, 15) is 0 Å². The van der Waals surface area contributed by atoms with Crippen molar-refractivity contribution < 1.29 is 0 Å². The summed E-state index contributed by atoms with van der Waals surface area (Å²) >= 11 is 0. The van der Waals surface area contributed by atoms with E-state index in [0.717, 1.165) is 28.3 Å². The zero-order valence-electron chi connectivity index (χ0n) is 8.41. The molecule has 0 saturated carbocycles. The number of amidine groups is 1. The van der Waals surface area contributed by atoms with E-state index in [-0.39, 0.29) is 0 Å². The Morgan fingerprint density at radius 3 is 2.93 bits per heavy atom. The number of rotatable bonds is 0. The molecule has 1 aliphatic heterocycles. The molecule has 0 aromatic heterocycles. The lowest BCUT2D eigenvalue weighted by Crippen LogP contribution is -2.10. The predicted molar refractivity (Wildman–Crippen MR) is 64.8 cm³/mol. The fraction of sp³-hybridized carbons (Fsp3) is 0.0833. The number of aliphatic imine (C=N–C) groups is 1. The number of nitrogens with zero attached hydrogens (tertiary/aromatic N) is 1. The summed E-state index contributed by atoms with van der Waals surface area (Å²) in [4.78, 5) is 4.44. The Hall–Kier alpha value is -2.03. The Bertz CT molecular complexity index is 585. The highest BCUT2D eigenvalue weighted by Crippen LogP contribution is 2.39. The smallest absolute Gasteiger partial charge is 0.104 e. The van der Waals surface area contributed by atoms with Crippen LogP contribution in [-0.2, 0) is 0 Å². The summed E-state index contributed by atoms with van der Waals surface area (Å²) in [6, 6.07) is 10.1. The molecule has 0 bridgehead atoms. The molecule has 0 saturated heterocycles. The molecule has 3 heteroatoms. The fourth-order valence-corrected chi connectivity index (χ4v) is 1.99. The molecule has 2 aromatic rings. The summed E-state index contributed by atoms with van der Waals surface area (Å²) < 4.78 is 0. The summed E-state index contributed by atoms with van der Waals surface area (Å²) in [5, 5.41) is 5.53. The van der Waals surface area contributed by atoms with Crippen LogP contribution in [0, 0.1) is 0 Å². The molecule has 1 aliphatic rings. The lowest BCUT2D eigenvalue weighted by Gasteiger charge is -2.17. The number of anilines is 2. The van der Waals surface area contributed by atoms with Crippen molar-refractivity contribution >= 4 is 33.7 Å². The first-order valence-electron chi connectivity index (χ1n) is 4.89. The quantitative estimate of drug-likeness (QED) is 0.638. The number of nitrogens with two attached hydrogens (primary N) is 1. The molecule has 0 spiro atoms. The van der Waals surface area contributed by atoms with Gasteiger partial charge < -0.3 is 11.1 Å². The minimum Gasteiger partial charge on any atom is -0.397 e. The molecule has 0 aliphatic carbocycles. The molecule has 0 fully saturated rings. The summed E-state index contributed by atoms with van der Waals surface area (Å²) in [5.74, 6) is 0.882. The molecule has 0 radical (unpaired) electrons. The van der Waals surface area contributed by atoms with Crippen molar-refractivity contribution in [3.05, 3.63) is 30.3 Å². The first-order chi connectivity index (χ1) is 7.25. The maximum Gasteiger partial charge on any atom is 0.104 e. The van der Waals surface area contributed by atoms with Crippen molar-refractivity contribution in [3.63, 3.8) is 0 Å². The predicted octanol–water partition coefficient (Wildman–Crippen LogP) is 2.90. The van der Waals surface area contributed by atoms with Crippen LogP contribution in [0.2, 0.25) is 0 Å². The molecule has 2 aromatic carbocycles. The van der Waals surface area contributed by atoms with Gasteiger partial charge in [-0.15, -0.1) is 0 Å². The van der Waals surface area contributed by atoms with Crippen LogP contribution in [0.3, 0.4) is 0 Å². The minimum atomic E-state index is 0.732. The molecule has 0 unspecified atom stereocenters. The van der Waals surface area contributed by atoms with Crippen molar-refractivity contribution in [2.45, 2.75) is 6.92 Å². The number of benzene rings is 2. The van der Waals surface area contributed by atoms with Crippen LogP contribution in [0.4, 0.5) is 17.1 Å². The van der Waals surface area contributed by atoms with Crippen molar-refractivity contribution in [2.75, 3.05) is 11.1 Å². The molecule has 1 heterocycles. The number of nitrogen functional groups attached to an aromatic ring is 1. The van der Waals surface area contributed by atoms with Gasteiger partial charge in [-0.05, 0) is 24.4 Å². The Labute approximate surface area is 87.6 Å². The third kappa shape index (κ3) is 1.09. The first-order valence-corrected chi connectivity index (χ1v) is 4.89. The Balaban J connectivity index is 2.52. The maximum absolute atomic E-state index is 5.93. The zero-order chi connectivity index (χ0) is 10.4. The van der Waals surface area contributed by atoms with Gasteiger partial charge >= 0.3 is 0 Å². The van der Waals surface area contributed by atoms with Crippen molar-refractivity contribution in [1.29, 1.82) is 0 Å². The van der Waals surface area contributed by atoms with Gasteiger partial charge in [-0.25, -0.2) is 4.99 Å². The van der Waals surface area contributed by atoms with Gasteiger partial charge in [0.1, 0.15) is 5.84 Å². The molecule has 3 N–H and O–H groups in total. The van der Waals surface area contributed by atoms with E-state index in [0.29, 0.717) is 0 Å². The van der Waals surface area contributed by atoms with Gasteiger partial charge in [0.25, 0.3) is 0 Å². The summed E-state index contributed by atoms with van der Waals surface area (Å²) in [6.07, 6.45) is 0. The standard InChI is InChI=1S/C12H11N3/c1-7-14-10-4-2-3-8-5-6-9(13)12(15-7)11(8)10/h2-6H,13H2,1H3,(H,14,15). The largest absolute Gasteiger partial charge is 0.397 e. The van der Waals surface area contributed by atoms with Crippen LogP contribution in [0.5, 0.6) is 0 Å². The molecule has 3 rings (SSSR count). The summed E-state index contributed by atoms with van der Waals surface area (Å²) in [5.41, 5.74) is 8.63. The highest BCUT2D eigenvalue weighted by Gasteiger charge is 2.13. The van der Waals surface area contributed by atoms with Crippen LogP contribution >= 0.6 is 0 Å². The average molecular weight is 197 g/mol. The van der Waals surface area contributed by atoms with Gasteiger partial charge in [-0.2, -0.15) is 0 Å². The SMILES string of the molecule is CC1=Nc2c(N)ccc3cccc(c23)N1. The molecule has 0 atom stereocenters. The third-order valence-electron chi connectivity index (χ3n) is 2.64. The Kier molecular flexibility index (Phi) is 1.51. The van der Waals surface area contributed by atoms with Gasteiger partial charge in [0.2, 0.25) is 0 Å². The van der Waals surface area contributed by atoms with E-state index in [1.807, 2.05) is 31.2 Å². The molecular formula is C12H11N3. The third-order valence-corrected chi connectivity index (χ3v) is 2.64. The van der Waals surface area contributed by atoms with Crippen molar-refractivity contribution in [2.24, 2.45) is 4.99 Å². The normalized spacial score (nSPS) is 13.5. The number of nitrogens with one attached hydrogen (secondary N) is 1. The zero-order valence-corrected chi connectivity index (χ0v) is 8.41. The molecule has 0 amide bonds. The van der Waals surface area contributed by atoms with Crippen molar-refractivity contribution in [1.82, 2.24) is 0 Å². The van der Waals surface area contributed by atoms with E-state index in [2.05, 4.69) is 16.4 Å². The molecule has 15 heavy (non-hydrogen) atoms. The van der Waals surface area contributed by atoms with Crippen LogP contribution in [0.25, 0.3) is 10.8 Å². The van der Waals surface area contributed by atoms with Crippen LogP contribution in [-0.4, -0.2) is 5.84 Å². The highest BCUT2D eigenvalue weighted by atomic mass is 15.0. The second-order valence-corrected chi connectivity index (χ2v) is 3.73. The molecule has 74 valence electrons. The maximum atomic E-state index is 5.93. The first kappa shape index (κ1) is 8.29. The molecular weight excluding hydrogens is 186 g/mol. The van der Waals surface area contributed by atoms with E-state index in [1.54, 1.807) is 0 Å². The summed E-state index contributed by atoms with van der Waals surface area (Å²) in [7, 11) is 0. The van der Waals surface area contributed by atoms with Gasteiger partial charge in [0.15, 0.2) is 0 Å². The average Bonchev–Trinajstić information content (AvgIpc) is 2.23. The van der Waals surface area contributed by atoms with Crippen LogP contribution < -0.4 is 11.1 Å². The lowest BCUT2D eigenvalue weighted by molar-refractivity contribution is 1.46.